The van der Waals surface area contributed by atoms with Crippen LogP contribution in [0.15, 0.2) is 18.2 Å². The molecule has 1 aliphatic rings. The van der Waals surface area contributed by atoms with Gasteiger partial charge in [-0.05, 0) is 60.5 Å². The van der Waals surface area contributed by atoms with E-state index in [-0.39, 0.29) is 11.2 Å². The summed E-state index contributed by atoms with van der Waals surface area (Å²) in [6, 6.07) is 4.62. The molecule has 3 rings (SSSR count). The predicted molar refractivity (Wildman–Crippen MR) is 95.2 cm³/mol. The maximum Gasteiger partial charge on any atom is 0.337 e. The smallest absolute Gasteiger partial charge is 0.337 e. The number of nitrogens with one attached hydrogen (secondary N) is 1. The lowest BCUT2D eigenvalue weighted by Crippen LogP contribution is -2.22. The first-order valence-electron chi connectivity index (χ1n) is 8.13. The highest BCUT2D eigenvalue weighted by atomic mass is 32.1. The van der Waals surface area contributed by atoms with E-state index >= 15 is 0 Å². The Hall–Kier alpha value is -1.72. The molecule has 5 heteroatoms. The quantitative estimate of drug-likeness (QED) is 0.857. The molecule has 1 aromatic carbocycles. The first-order valence-corrected chi connectivity index (χ1v) is 8.95. The van der Waals surface area contributed by atoms with Gasteiger partial charge >= 0.3 is 5.97 Å². The van der Waals surface area contributed by atoms with Crippen molar-refractivity contribution < 1.29 is 14.3 Å². The van der Waals surface area contributed by atoms with Gasteiger partial charge in [0.15, 0.2) is 0 Å². The monoisotopic (exact) mass is 347 g/mol. The van der Waals surface area contributed by atoms with Crippen molar-refractivity contribution in [1.29, 1.82) is 0 Å². The van der Waals surface area contributed by atoms with Crippen LogP contribution in [0.5, 0.6) is 0 Å². The largest absolute Gasteiger partial charge is 0.478 e. The number of benzene rings is 1. The highest BCUT2D eigenvalue weighted by molar-refractivity contribution is 7.16. The van der Waals surface area contributed by atoms with Crippen molar-refractivity contribution in [3.8, 4) is 10.4 Å². The van der Waals surface area contributed by atoms with Crippen LogP contribution in [0.3, 0.4) is 0 Å². The van der Waals surface area contributed by atoms with E-state index < -0.39 is 5.97 Å². The van der Waals surface area contributed by atoms with Gasteiger partial charge < -0.3 is 10.4 Å². The number of carboxylic acids is 1. The van der Waals surface area contributed by atoms with Gasteiger partial charge in [-0.1, -0.05) is 19.9 Å². The van der Waals surface area contributed by atoms with E-state index in [0.717, 1.165) is 35.3 Å². The lowest BCUT2D eigenvalue weighted by atomic mass is 9.76. The fourth-order valence-corrected chi connectivity index (χ4v) is 4.80. The number of aryl methyl sites for hydroxylation is 1. The Labute approximate surface area is 145 Å². The van der Waals surface area contributed by atoms with Gasteiger partial charge in [-0.3, -0.25) is 0 Å². The highest BCUT2D eigenvalue weighted by Crippen LogP contribution is 2.45. The first-order chi connectivity index (χ1) is 11.3. The molecule has 0 amide bonds. The molecular formula is C19H22FNO2S. The molecule has 1 aliphatic carbocycles. The Morgan fingerprint density at radius 1 is 1.42 bits per heavy atom. The van der Waals surface area contributed by atoms with Gasteiger partial charge in [-0.15, -0.1) is 11.3 Å². The summed E-state index contributed by atoms with van der Waals surface area (Å²) in [5.74, 6) is -1.26. The molecule has 0 fully saturated rings. The number of hydrogen-bond donors (Lipinski definition) is 2. The number of rotatable bonds is 4. The van der Waals surface area contributed by atoms with Crippen LogP contribution >= 0.6 is 11.3 Å². The van der Waals surface area contributed by atoms with Crippen LogP contribution in [0, 0.1) is 11.2 Å². The van der Waals surface area contributed by atoms with Crippen molar-refractivity contribution in [1.82, 2.24) is 5.32 Å². The number of thiophene rings is 1. The van der Waals surface area contributed by atoms with Crippen molar-refractivity contribution in [3.63, 3.8) is 0 Å². The van der Waals surface area contributed by atoms with E-state index in [1.165, 1.54) is 23.5 Å². The summed E-state index contributed by atoms with van der Waals surface area (Å²) in [6.45, 7) is 4.92. The third-order valence-corrected chi connectivity index (χ3v) is 6.00. The molecule has 2 aromatic rings. The summed E-state index contributed by atoms with van der Waals surface area (Å²) in [5.41, 5.74) is 3.02. The van der Waals surface area contributed by atoms with Crippen molar-refractivity contribution in [2.75, 3.05) is 7.05 Å². The summed E-state index contributed by atoms with van der Waals surface area (Å²) in [5, 5.41) is 12.9. The van der Waals surface area contributed by atoms with E-state index in [0.29, 0.717) is 22.5 Å². The second-order valence-electron chi connectivity index (χ2n) is 7.19. The Bertz CT molecular complexity index is 795. The van der Waals surface area contributed by atoms with E-state index in [2.05, 4.69) is 19.2 Å². The molecule has 0 radical (unpaired) electrons. The van der Waals surface area contributed by atoms with Crippen LogP contribution in [-0.2, 0) is 19.4 Å². The second kappa shape index (κ2) is 6.30. The summed E-state index contributed by atoms with van der Waals surface area (Å²) in [4.78, 5) is 13.8. The van der Waals surface area contributed by atoms with Crippen molar-refractivity contribution in [3.05, 3.63) is 45.6 Å². The maximum atomic E-state index is 13.8. The lowest BCUT2D eigenvalue weighted by Gasteiger charge is -2.29. The second-order valence-corrected chi connectivity index (χ2v) is 8.29. The number of fused-ring (bicyclic) bond motifs is 1. The Kier molecular flexibility index (Phi) is 4.49. The molecule has 2 N–H and O–H groups in total. The summed E-state index contributed by atoms with van der Waals surface area (Å²) >= 11 is 1.52. The average molecular weight is 347 g/mol. The highest BCUT2D eigenvalue weighted by Gasteiger charge is 2.33. The van der Waals surface area contributed by atoms with Crippen LogP contribution in [0.1, 0.15) is 46.6 Å². The zero-order valence-corrected chi connectivity index (χ0v) is 15.0. The van der Waals surface area contributed by atoms with Crippen molar-refractivity contribution in [2.45, 2.75) is 39.7 Å². The number of halogens is 1. The molecule has 0 atom stereocenters. The van der Waals surface area contributed by atoms with Gasteiger partial charge in [0.25, 0.3) is 0 Å². The predicted octanol–water partition coefficient (Wildman–Crippen LogP) is 4.49. The molecule has 0 saturated heterocycles. The van der Waals surface area contributed by atoms with E-state index in [1.54, 1.807) is 6.07 Å². The molecule has 3 nitrogen and oxygen atoms in total. The summed E-state index contributed by atoms with van der Waals surface area (Å²) in [7, 11) is 1.83. The molecule has 0 spiro atoms. The summed E-state index contributed by atoms with van der Waals surface area (Å²) in [6.07, 6.45) is 2.70. The minimum atomic E-state index is -0.917. The van der Waals surface area contributed by atoms with Gasteiger partial charge in [-0.2, -0.15) is 0 Å². The molecule has 1 heterocycles. The van der Waals surface area contributed by atoms with Crippen LogP contribution in [-0.4, -0.2) is 18.1 Å². The number of aromatic carboxylic acids is 1. The molecule has 24 heavy (non-hydrogen) atoms. The lowest BCUT2D eigenvalue weighted by molar-refractivity contribution is 0.0696. The molecule has 128 valence electrons. The first kappa shape index (κ1) is 17.1. The van der Waals surface area contributed by atoms with Gasteiger partial charge in [0.1, 0.15) is 5.82 Å². The minimum absolute atomic E-state index is 0.102. The zero-order valence-electron chi connectivity index (χ0n) is 14.2. The maximum absolute atomic E-state index is 13.8. The van der Waals surface area contributed by atoms with Gasteiger partial charge in [0.05, 0.1) is 5.56 Å². The zero-order chi connectivity index (χ0) is 17.5. The van der Waals surface area contributed by atoms with E-state index in [1.807, 2.05) is 7.05 Å². The van der Waals surface area contributed by atoms with Crippen LogP contribution in [0.25, 0.3) is 10.4 Å². The molecule has 0 aliphatic heterocycles. The van der Waals surface area contributed by atoms with Crippen LogP contribution < -0.4 is 5.32 Å². The van der Waals surface area contributed by atoms with Crippen LogP contribution in [0.4, 0.5) is 4.39 Å². The Morgan fingerprint density at radius 2 is 2.17 bits per heavy atom. The fourth-order valence-electron chi connectivity index (χ4n) is 3.44. The minimum Gasteiger partial charge on any atom is -0.478 e. The van der Waals surface area contributed by atoms with Crippen LogP contribution in [0.2, 0.25) is 0 Å². The molecule has 0 saturated carbocycles. The topological polar surface area (TPSA) is 49.3 Å². The normalized spacial score (nSPS) is 16.0. The average Bonchev–Trinajstić information content (AvgIpc) is 2.86. The summed E-state index contributed by atoms with van der Waals surface area (Å²) < 4.78 is 13.8. The number of carboxylic acid groups (broad SMARTS) is 1. The van der Waals surface area contributed by atoms with E-state index in [4.69, 9.17) is 0 Å². The number of carbonyl (C=O) groups is 1. The standard InChI is InChI=1S/C19H22FNO2S/c1-19(2)7-6-15-14(9-19)16(18(22)23)17(24-15)13-8-12(20)5-4-11(13)10-21-3/h4-5,8,21H,6-7,9-10H2,1-3H3,(H,22,23). The van der Waals surface area contributed by atoms with Gasteiger partial charge in [0.2, 0.25) is 0 Å². The SMILES string of the molecule is CNCc1ccc(F)cc1-c1sc2c(c1C(=O)O)CC(C)(C)CC2. The third kappa shape index (κ3) is 3.10. The van der Waals surface area contributed by atoms with Gasteiger partial charge in [-0.25, -0.2) is 9.18 Å². The number of hydrogen-bond acceptors (Lipinski definition) is 3. The van der Waals surface area contributed by atoms with E-state index in [9.17, 15) is 14.3 Å². The van der Waals surface area contributed by atoms with Crippen molar-refractivity contribution >= 4 is 17.3 Å². The third-order valence-electron chi connectivity index (χ3n) is 4.67. The molecule has 1 aromatic heterocycles. The fraction of sp³-hybridized carbons (Fsp3) is 0.421. The molecule has 0 bridgehead atoms. The Balaban J connectivity index is 2.21. The van der Waals surface area contributed by atoms with Crippen molar-refractivity contribution in [2.24, 2.45) is 5.41 Å². The Morgan fingerprint density at radius 3 is 2.83 bits per heavy atom. The molecular weight excluding hydrogens is 325 g/mol. The van der Waals surface area contributed by atoms with Gasteiger partial charge in [0, 0.05) is 16.3 Å². The molecule has 0 unspecified atom stereocenters.